The Morgan fingerprint density at radius 2 is 2.06 bits per heavy atom. The van der Waals surface area contributed by atoms with Gasteiger partial charge in [0.25, 0.3) is 0 Å². The lowest BCUT2D eigenvalue weighted by molar-refractivity contribution is -0.113. The number of hydrogen-bond donors (Lipinski definition) is 1. The molecule has 2 aromatic carbocycles. The Morgan fingerprint density at radius 1 is 1.19 bits per heavy atom. The van der Waals surface area contributed by atoms with Crippen LogP contribution >= 0.6 is 39.3 Å². The number of nitrogens with one attached hydrogen (secondary N) is 1. The molecule has 2 aromatic heterocycles. The smallest absolute Gasteiger partial charge is 0.234 e. The van der Waals surface area contributed by atoms with E-state index in [4.69, 9.17) is 16.0 Å². The predicted octanol–water partition coefficient (Wildman–Crippen LogP) is 6.04. The Morgan fingerprint density at radius 3 is 2.81 bits per heavy atom. The molecule has 0 saturated carbocycles. The second kappa shape index (κ2) is 9.72. The van der Waals surface area contributed by atoms with Gasteiger partial charge < -0.3 is 9.73 Å². The highest BCUT2D eigenvalue weighted by Gasteiger charge is 2.17. The maximum absolute atomic E-state index is 12.5. The van der Waals surface area contributed by atoms with Crippen LogP contribution in [0.15, 0.2) is 74.9 Å². The molecule has 9 heteroatoms. The molecule has 0 bridgehead atoms. The molecule has 6 nitrogen and oxygen atoms in total. The van der Waals surface area contributed by atoms with E-state index in [0.29, 0.717) is 22.5 Å². The summed E-state index contributed by atoms with van der Waals surface area (Å²) in [7, 11) is 0. The van der Waals surface area contributed by atoms with Crippen LogP contribution in [-0.2, 0) is 11.3 Å². The van der Waals surface area contributed by atoms with Crippen LogP contribution in [0.5, 0.6) is 0 Å². The van der Waals surface area contributed by atoms with Crippen molar-refractivity contribution in [2.45, 2.75) is 18.6 Å². The van der Waals surface area contributed by atoms with Crippen LogP contribution in [0, 0.1) is 6.92 Å². The van der Waals surface area contributed by atoms with Gasteiger partial charge in [0.2, 0.25) is 5.91 Å². The molecular weight excluding hydrogens is 500 g/mol. The summed E-state index contributed by atoms with van der Waals surface area (Å²) in [6.07, 6.45) is 1.62. The number of furan rings is 1. The van der Waals surface area contributed by atoms with Crippen LogP contribution in [0.2, 0.25) is 5.02 Å². The summed E-state index contributed by atoms with van der Waals surface area (Å²) in [6.45, 7) is 2.42. The second-order valence-corrected chi connectivity index (χ2v) is 9.02. The molecule has 0 aliphatic carbocycles. The zero-order chi connectivity index (χ0) is 21.8. The lowest BCUT2D eigenvalue weighted by atomic mass is 10.2. The van der Waals surface area contributed by atoms with E-state index in [-0.39, 0.29) is 11.7 Å². The third kappa shape index (κ3) is 5.39. The van der Waals surface area contributed by atoms with Gasteiger partial charge in [0, 0.05) is 20.7 Å². The Labute approximate surface area is 197 Å². The van der Waals surface area contributed by atoms with E-state index < -0.39 is 0 Å². The van der Waals surface area contributed by atoms with Gasteiger partial charge in [-0.25, -0.2) is 0 Å². The molecule has 0 unspecified atom stereocenters. The van der Waals surface area contributed by atoms with Gasteiger partial charge in [-0.3, -0.25) is 9.36 Å². The molecule has 31 heavy (non-hydrogen) atoms. The first-order valence-electron chi connectivity index (χ1n) is 9.40. The number of hydrogen-bond acceptors (Lipinski definition) is 5. The van der Waals surface area contributed by atoms with Crippen molar-refractivity contribution in [2.24, 2.45) is 0 Å². The van der Waals surface area contributed by atoms with Crippen LogP contribution in [0.3, 0.4) is 0 Å². The molecule has 0 saturated heterocycles. The number of carbonyl (C=O) groups is 1. The van der Waals surface area contributed by atoms with E-state index in [1.807, 2.05) is 66.1 Å². The number of thioether (sulfide) groups is 1. The lowest BCUT2D eigenvalue weighted by Gasteiger charge is -2.10. The van der Waals surface area contributed by atoms with Crippen molar-refractivity contribution >= 4 is 50.9 Å². The summed E-state index contributed by atoms with van der Waals surface area (Å²) in [5.41, 5.74) is 2.64. The fourth-order valence-corrected chi connectivity index (χ4v) is 4.16. The third-order valence-corrected chi connectivity index (χ3v) is 6.56. The molecule has 0 aliphatic rings. The van der Waals surface area contributed by atoms with E-state index in [2.05, 4.69) is 31.4 Å². The third-order valence-electron chi connectivity index (χ3n) is 4.47. The van der Waals surface area contributed by atoms with Crippen molar-refractivity contribution in [3.05, 3.63) is 81.7 Å². The van der Waals surface area contributed by atoms with Crippen molar-refractivity contribution in [2.75, 3.05) is 11.1 Å². The van der Waals surface area contributed by atoms with Gasteiger partial charge in [0.1, 0.15) is 5.76 Å². The first-order chi connectivity index (χ1) is 15.0. The Kier molecular flexibility index (Phi) is 6.80. The Bertz CT molecular complexity index is 1210. The van der Waals surface area contributed by atoms with Gasteiger partial charge in [0.15, 0.2) is 11.0 Å². The standard InChI is InChI=1S/C22H18BrClN4O2S/c1-14-10-17(7-8-19(14)23)25-20(29)13-31-22-27-26-21(15-4-2-5-16(24)11-15)28(22)12-18-6-3-9-30-18/h2-11H,12-13H2,1H3,(H,25,29). The number of rotatable bonds is 7. The molecule has 0 atom stereocenters. The van der Waals surface area contributed by atoms with Gasteiger partial charge in [-0.05, 0) is 55.0 Å². The minimum atomic E-state index is -0.122. The normalized spacial score (nSPS) is 10.9. The van der Waals surface area contributed by atoms with Gasteiger partial charge in [-0.15, -0.1) is 10.2 Å². The predicted molar refractivity (Wildman–Crippen MR) is 127 cm³/mol. The van der Waals surface area contributed by atoms with Crippen molar-refractivity contribution in [1.82, 2.24) is 14.8 Å². The molecular formula is C22H18BrClN4O2S. The Balaban J connectivity index is 1.53. The summed E-state index contributed by atoms with van der Waals surface area (Å²) in [6, 6.07) is 16.8. The van der Waals surface area contributed by atoms with Crippen LogP contribution in [0.25, 0.3) is 11.4 Å². The summed E-state index contributed by atoms with van der Waals surface area (Å²) < 4.78 is 8.43. The Hall–Kier alpha value is -2.55. The van der Waals surface area contributed by atoms with Gasteiger partial charge in [-0.1, -0.05) is 51.4 Å². The molecule has 4 aromatic rings. The number of nitrogens with zero attached hydrogens (tertiary/aromatic N) is 3. The quantitative estimate of drug-likeness (QED) is 0.303. The van der Waals surface area contributed by atoms with E-state index in [9.17, 15) is 4.79 Å². The summed E-state index contributed by atoms with van der Waals surface area (Å²) >= 11 is 10.9. The van der Waals surface area contributed by atoms with E-state index in [1.165, 1.54) is 11.8 Å². The minimum absolute atomic E-state index is 0.122. The zero-order valence-corrected chi connectivity index (χ0v) is 19.7. The van der Waals surface area contributed by atoms with E-state index in [1.54, 1.807) is 6.26 Å². The molecule has 0 aliphatic heterocycles. The topological polar surface area (TPSA) is 73.0 Å². The molecule has 0 fully saturated rings. The summed E-state index contributed by atoms with van der Waals surface area (Å²) in [5.74, 6) is 1.50. The lowest BCUT2D eigenvalue weighted by Crippen LogP contribution is -2.15. The van der Waals surface area contributed by atoms with Crippen LogP contribution < -0.4 is 5.32 Å². The average molecular weight is 518 g/mol. The molecule has 0 radical (unpaired) electrons. The van der Waals surface area contributed by atoms with Gasteiger partial charge in [-0.2, -0.15) is 0 Å². The fraction of sp³-hybridized carbons (Fsp3) is 0.136. The van der Waals surface area contributed by atoms with E-state index >= 15 is 0 Å². The number of benzene rings is 2. The van der Waals surface area contributed by atoms with Gasteiger partial charge in [0.05, 0.1) is 18.6 Å². The van der Waals surface area contributed by atoms with E-state index in [0.717, 1.165) is 27.0 Å². The molecule has 1 amide bonds. The van der Waals surface area contributed by atoms with Gasteiger partial charge >= 0.3 is 0 Å². The molecule has 2 heterocycles. The zero-order valence-electron chi connectivity index (χ0n) is 16.5. The number of carbonyl (C=O) groups excluding carboxylic acids is 1. The average Bonchev–Trinajstić information content (AvgIpc) is 3.40. The number of aryl methyl sites for hydroxylation is 1. The van der Waals surface area contributed by atoms with Crippen molar-refractivity contribution < 1.29 is 9.21 Å². The highest BCUT2D eigenvalue weighted by Crippen LogP contribution is 2.27. The fourth-order valence-electron chi connectivity index (χ4n) is 2.99. The highest BCUT2D eigenvalue weighted by molar-refractivity contribution is 9.10. The SMILES string of the molecule is Cc1cc(NC(=O)CSc2nnc(-c3cccc(Cl)c3)n2Cc2ccco2)ccc1Br. The molecule has 158 valence electrons. The summed E-state index contributed by atoms with van der Waals surface area (Å²) in [4.78, 5) is 12.5. The monoisotopic (exact) mass is 516 g/mol. The van der Waals surface area contributed by atoms with Crippen molar-refractivity contribution in [3.8, 4) is 11.4 Å². The minimum Gasteiger partial charge on any atom is -0.467 e. The highest BCUT2D eigenvalue weighted by atomic mass is 79.9. The maximum atomic E-state index is 12.5. The van der Waals surface area contributed by atoms with Crippen molar-refractivity contribution in [3.63, 3.8) is 0 Å². The molecule has 0 spiro atoms. The second-order valence-electron chi connectivity index (χ2n) is 6.78. The number of halogens is 2. The van der Waals surface area contributed by atoms with Crippen LogP contribution in [0.1, 0.15) is 11.3 Å². The van der Waals surface area contributed by atoms with Crippen molar-refractivity contribution in [1.29, 1.82) is 0 Å². The first-order valence-corrected chi connectivity index (χ1v) is 11.6. The van der Waals surface area contributed by atoms with Crippen LogP contribution in [0.4, 0.5) is 5.69 Å². The molecule has 1 N–H and O–H groups in total. The molecule has 4 rings (SSSR count). The largest absolute Gasteiger partial charge is 0.467 e. The van der Waals surface area contributed by atoms with Crippen LogP contribution in [-0.4, -0.2) is 26.4 Å². The number of anilines is 1. The number of amides is 1. The maximum Gasteiger partial charge on any atom is 0.234 e. The first kappa shape index (κ1) is 21.7. The summed E-state index contributed by atoms with van der Waals surface area (Å²) in [5, 5.41) is 12.8. The number of aromatic nitrogens is 3.